The van der Waals surface area contributed by atoms with Crippen LogP contribution in [0.4, 0.5) is 10.1 Å². The fraction of sp³-hybridized carbons (Fsp3) is 0.412. The van der Waals surface area contributed by atoms with Gasteiger partial charge in [0, 0.05) is 29.5 Å². The zero-order valence-corrected chi connectivity index (χ0v) is 13.1. The Morgan fingerprint density at radius 1 is 1.55 bits per heavy atom. The summed E-state index contributed by atoms with van der Waals surface area (Å²) in [6.45, 7) is 7.74. The van der Waals surface area contributed by atoms with Crippen molar-refractivity contribution in [1.82, 2.24) is 10.3 Å². The van der Waals surface area contributed by atoms with Crippen molar-refractivity contribution in [2.24, 2.45) is 0 Å². The molecule has 0 unspecified atom stereocenters. The summed E-state index contributed by atoms with van der Waals surface area (Å²) in [5, 5.41) is 5.86. The number of anilines is 1. The molecule has 1 aromatic heterocycles. The molecular formula is C17H22FN3O. The van der Waals surface area contributed by atoms with Gasteiger partial charge in [-0.2, -0.15) is 0 Å². The van der Waals surface area contributed by atoms with Crippen molar-refractivity contribution in [3.8, 4) is 0 Å². The lowest BCUT2D eigenvalue weighted by Gasteiger charge is -2.15. The summed E-state index contributed by atoms with van der Waals surface area (Å²) in [5.74, 6) is -0.167. The highest BCUT2D eigenvalue weighted by Crippen LogP contribution is 2.48. The molecule has 1 aliphatic rings. The summed E-state index contributed by atoms with van der Waals surface area (Å²) in [7, 11) is 0. The van der Waals surface area contributed by atoms with Gasteiger partial charge in [0.1, 0.15) is 6.67 Å². The largest absolute Gasteiger partial charge is 0.355 e. The maximum absolute atomic E-state index is 13.1. The number of halogens is 1. The molecule has 0 bridgehead atoms. The van der Waals surface area contributed by atoms with Gasteiger partial charge < -0.3 is 10.6 Å². The molecule has 1 saturated carbocycles. The molecule has 22 heavy (non-hydrogen) atoms. The molecule has 0 aromatic carbocycles. The third-order valence-electron chi connectivity index (χ3n) is 3.90. The molecular weight excluding hydrogens is 281 g/mol. The van der Waals surface area contributed by atoms with Crippen molar-refractivity contribution in [3.05, 3.63) is 47.9 Å². The average molecular weight is 303 g/mol. The van der Waals surface area contributed by atoms with Gasteiger partial charge in [0.05, 0.1) is 11.3 Å². The van der Waals surface area contributed by atoms with Gasteiger partial charge in [0.2, 0.25) is 0 Å². The van der Waals surface area contributed by atoms with Crippen LogP contribution >= 0.6 is 0 Å². The first-order valence-corrected chi connectivity index (χ1v) is 7.49. The topological polar surface area (TPSA) is 54.0 Å². The van der Waals surface area contributed by atoms with Crippen molar-refractivity contribution in [2.75, 3.05) is 18.5 Å². The number of nitrogens with zero attached hydrogens (tertiary/aromatic N) is 1. The van der Waals surface area contributed by atoms with Crippen molar-refractivity contribution >= 4 is 11.6 Å². The molecule has 1 aliphatic carbocycles. The molecule has 1 heterocycles. The van der Waals surface area contributed by atoms with Crippen molar-refractivity contribution in [3.63, 3.8) is 0 Å². The molecule has 2 N–H and O–H groups in total. The minimum absolute atomic E-state index is 0.167. The number of nitrogens with one attached hydrogen (secondary N) is 2. The van der Waals surface area contributed by atoms with E-state index in [9.17, 15) is 9.18 Å². The number of pyridine rings is 1. The first-order valence-electron chi connectivity index (χ1n) is 7.49. The van der Waals surface area contributed by atoms with E-state index >= 15 is 0 Å². The lowest BCUT2D eigenvalue weighted by Crippen LogP contribution is -2.26. The van der Waals surface area contributed by atoms with Crippen LogP contribution in [-0.4, -0.2) is 24.1 Å². The molecule has 0 radical (unpaired) electrons. The van der Waals surface area contributed by atoms with Crippen LogP contribution in [0.2, 0.25) is 0 Å². The van der Waals surface area contributed by atoms with Gasteiger partial charge in [-0.05, 0) is 38.8 Å². The number of hydrogen-bond acceptors (Lipinski definition) is 3. The van der Waals surface area contributed by atoms with Crippen LogP contribution in [0, 0.1) is 0 Å². The van der Waals surface area contributed by atoms with E-state index in [1.54, 1.807) is 25.3 Å². The van der Waals surface area contributed by atoms with Crippen LogP contribution in [0.3, 0.4) is 0 Å². The highest BCUT2D eigenvalue weighted by Gasteiger charge is 2.45. The lowest BCUT2D eigenvalue weighted by atomic mass is 10.0. The SMILES string of the molecule is C=C(Nc1ccnc(C2(CF)CC2)c1)/C(=C\C)C(=O)NCC. The van der Waals surface area contributed by atoms with E-state index in [2.05, 4.69) is 22.2 Å². The molecule has 0 aliphatic heterocycles. The van der Waals surface area contributed by atoms with Gasteiger partial charge in [-0.25, -0.2) is 0 Å². The first-order chi connectivity index (χ1) is 10.6. The van der Waals surface area contributed by atoms with Gasteiger partial charge in [0.15, 0.2) is 0 Å². The second-order valence-electron chi connectivity index (χ2n) is 5.51. The van der Waals surface area contributed by atoms with Gasteiger partial charge >= 0.3 is 0 Å². The highest BCUT2D eigenvalue weighted by molar-refractivity contribution is 5.98. The predicted octanol–water partition coefficient (Wildman–Crippen LogP) is 3.09. The Morgan fingerprint density at radius 3 is 2.82 bits per heavy atom. The number of carbonyl (C=O) groups is 1. The summed E-state index contributed by atoms with van der Waals surface area (Å²) in [6, 6.07) is 3.62. The van der Waals surface area contributed by atoms with Gasteiger partial charge in [-0.15, -0.1) is 0 Å². The van der Waals surface area contributed by atoms with Crippen molar-refractivity contribution in [2.45, 2.75) is 32.1 Å². The van der Waals surface area contributed by atoms with Gasteiger partial charge in [0.25, 0.3) is 5.91 Å². The van der Waals surface area contributed by atoms with E-state index in [-0.39, 0.29) is 12.6 Å². The van der Waals surface area contributed by atoms with Gasteiger partial charge in [-0.3, -0.25) is 14.2 Å². The lowest BCUT2D eigenvalue weighted by molar-refractivity contribution is -0.117. The number of aromatic nitrogens is 1. The second-order valence-corrected chi connectivity index (χ2v) is 5.51. The number of alkyl halides is 1. The summed E-state index contributed by atoms with van der Waals surface area (Å²) in [5.41, 5.74) is 2.12. The first kappa shape index (κ1) is 16.2. The van der Waals surface area contributed by atoms with E-state index in [1.807, 2.05) is 13.0 Å². The quantitative estimate of drug-likeness (QED) is 0.601. The van der Waals surface area contributed by atoms with E-state index in [0.29, 0.717) is 17.8 Å². The highest BCUT2D eigenvalue weighted by atomic mass is 19.1. The van der Waals surface area contributed by atoms with Crippen LogP contribution in [-0.2, 0) is 10.2 Å². The molecule has 4 nitrogen and oxygen atoms in total. The number of allylic oxidation sites excluding steroid dienone is 1. The minimum atomic E-state index is -0.401. The zero-order chi connectivity index (χ0) is 16.2. The maximum atomic E-state index is 13.1. The van der Waals surface area contributed by atoms with Crippen LogP contribution in [0.15, 0.2) is 42.3 Å². The predicted molar refractivity (Wildman–Crippen MR) is 86.3 cm³/mol. The third kappa shape index (κ3) is 3.35. The zero-order valence-electron chi connectivity index (χ0n) is 13.1. The second kappa shape index (κ2) is 6.73. The number of likely N-dealkylation sites (N-methyl/N-ethyl adjacent to an activating group) is 1. The normalized spacial score (nSPS) is 16.0. The minimum Gasteiger partial charge on any atom is -0.355 e. The Labute approximate surface area is 130 Å². The monoisotopic (exact) mass is 303 g/mol. The van der Waals surface area contributed by atoms with E-state index in [4.69, 9.17) is 0 Å². The maximum Gasteiger partial charge on any atom is 0.253 e. The molecule has 118 valence electrons. The van der Waals surface area contributed by atoms with E-state index in [0.717, 1.165) is 24.2 Å². The number of carbonyl (C=O) groups excluding carboxylic acids is 1. The van der Waals surface area contributed by atoms with Crippen molar-refractivity contribution in [1.29, 1.82) is 0 Å². The Balaban J connectivity index is 2.12. The molecule has 0 atom stereocenters. The summed E-state index contributed by atoms with van der Waals surface area (Å²) in [6.07, 6.45) is 5.04. The molecule has 1 aromatic rings. The molecule has 0 saturated heterocycles. The molecule has 1 amide bonds. The van der Waals surface area contributed by atoms with Crippen molar-refractivity contribution < 1.29 is 9.18 Å². The number of hydrogen-bond donors (Lipinski definition) is 2. The summed E-state index contributed by atoms with van der Waals surface area (Å²) < 4.78 is 13.1. The van der Waals surface area contributed by atoms with E-state index in [1.165, 1.54) is 0 Å². The van der Waals surface area contributed by atoms with Gasteiger partial charge in [-0.1, -0.05) is 12.7 Å². The molecule has 2 rings (SSSR count). The Kier molecular flexibility index (Phi) is 4.96. The average Bonchev–Trinajstić information content (AvgIpc) is 3.29. The number of amides is 1. The Hall–Kier alpha value is -2.17. The smallest absolute Gasteiger partial charge is 0.253 e. The number of rotatable bonds is 7. The molecule has 0 spiro atoms. The fourth-order valence-electron chi connectivity index (χ4n) is 2.35. The summed E-state index contributed by atoms with van der Waals surface area (Å²) in [4.78, 5) is 16.2. The molecule has 5 heteroatoms. The summed E-state index contributed by atoms with van der Waals surface area (Å²) >= 11 is 0. The molecule has 1 fully saturated rings. The van der Waals surface area contributed by atoms with Crippen LogP contribution < -0.4 is 10.6 Å². The van der Waals surface area contributed by atoms with Crippen LogP contribution in [0.25, 0.3) is 0 Å². The van der Waals surface area contributed by atoms with Crippen LogP contribution in [0.1, 0.15) is 32.4 Å². The standard InChI is InChI=1S/C17H22FN3O/c1-4-14(16(22)19-5-2)12(3)21-13-6-9-20-15(10-13)17(11-18)7-8-17/h4,6,9-10H,3,5,7-8,11H2,1-2H3,(H,19,22)(H,20,21)/b14-4+. The fourth-order valence-corrected chi connectivity index (χ4v) is 2.35. The Bertz CT molecular complexity index is 606. The van der Waals surface area contributed by atoms with Crippen LogP contribution in [0.5, 0.6) is 0 Å². The van der Waals surface area contributed by atoms with E-state index < -0.39 is 5.41 Å². The Morgan fingerprint density at radius 2 is 2.27 bits per heavy atom. The third-order valence-corrected chi connectivity index (χ3v) is 3.90.